The highest BCUT2D eigenvalue weighted by Gasteiger charge is 2.22. The molecule has 0 radical (unpaired) electrons. The lowest BCUT2D eigenvalue weighted by molar-refractivity contribution is -0.133. The van der Waals surface area contributed by atoms with E-state index in [1.165, 1.54) is 0 Å². The third-order valence-electron chi connectivity index (χ3n) is 3.89. The highest BCUT2D eigenvalue weighted by atomic mass is 16.5. The second kappa shape index (κ2) is 7.49. The molecule has 0 bridgehead atoms. The van der Waals surface area contributed by atoms with Gasteiger partial charge in [0.25, 0.3) is 5.91 Å². The second-order valence-corrected chi connectivity index (χ2v) is 6.75. The fraction of sp³-hybridized carbons (Fsp3) is 0.556. The van der Waals surface area contributed by atoms with E-state index in [2.05, 4.69) is 19.2 Å². The predicted molar refractivity (Wildman–Crippen MR) is 90.3 cm³/mol. The van der Waals surface area contributed by atoms with Gasteiger partial charge in [0.2, 0.25) is 5.91 Å². The Kier molecular flexibility index (Phi) is 5.64. The van der Waals surface area contributed by atoms with Gasteiger partial charge in [0.05, 0.1) is 0 Å². The first-order chi connectivity index (χ1) is 10.9. The largest absolute Gasteiger partial charge is 0.483 e. The number of carbonyl (C=O) groups is 2. The summed E-state index contributed by atoms with van der Waals surface area (Å²) in [6.07, 6.45) is 0.963. The zero-order valence-electron chi connectivity index (χ0n) is 14.4. The van der Waals surface area contributed by atoms with Gasteiger partial charge in [-0.3, -0.25) is 9.59 Å². The van der Waals surface area contributed by atoms with E-state index < -0.39 is 0 Å². The lowest BCUT2D eigenvalue weighted by atomic mass is 10.1. The standard InChI is InChI=1S/C18H26N2O3/c1-12(2)7-8-20-10-14-9-15(19-18(22)13(3)4)5-6-16(14)23-11-17(20)21/h5-6,9,12-13H,7-8,10-11H2,1-4H3,(H,19,22). The van der Waals surface area contributed by atoms with E-state index >= 15 is 0 Å². The first-order valence-electron chi connectivity index (χ1n) is 8.21. The molecule has 1 heterocycles. The monoisotopic (exact) mass is 318 g/mol. The molecule has 0 aromatic heterocycles. The molecule has 23 heavy (non-hydrogen) atoms. The Labute approximate surface area is 138 Å². The topological polar surface area (TPSA) is 58.6 Å². The number of fused-ring (bicyclic) bond motifs is 1. The number of hydrogen-bond acceptors (Lipinski definition) is 3. The number of carbonyl (C=O) groups excluding carboxylic acids is 2. The maximum absolute atomic E-state index is 12.2. The van der Waals surface area contributed by atoms with Gasteiger partial charge >= 0.3 is 0 Å². The van der Waals surface area contributed by atoms with Gasteiger partial charge < -0.3 is 15.0 Å². The Balaban J connectivity index is 2.15. The molecule has 2 rings (SSSR count). The Hall–Kier alpha value is -2.04. The summed E-state index contributed by atoms with van der Waals surface area (Å²) in [5, 5.41) is 2.89. The molecule has 126 valence electrons. The summed E-state index contributed by atoms with van der Waals surface area (Å²) in [5.41, 5.74) is 1.67. The minimum Gasteiger partial charge on any atom is -0.483 e. The van der Waals surface area contributed by atoms with Crippen molar-refractivity contribution >= 4 is 17.5 Å². The van der Waals surface area contributed by atoms with E-state index in [-0.39, 0.29) is 24.3 Å². The van der Waals surface area contributed by atoms with Gasteiger partial charge in [-0.1, -0.05) is 27.7 Å². The second-order valence-electron chi connectivity index (χ2n) is 6.75. The van der Waals surface area contributed by atoms with Crippen LogP contribution in [0.1, 0.15) is 39.7 Å². The number of anilines is 1. The summed E-state index contributed by atoms with van der Waals surface area (Å²) in [7, 11) is 0. The Morgan fingerprint density at radius 2 is 2.04 bits per heavy atom. The summed E-state index contributed by atoms with van der Waals surface area (Å²) in [6.45, 7) is 9.32. The van der Waals surface area contributed by atoms with Crippen molar-refractivity contribution in [3.8, 4) is 5.75 Å². The van der Waals surface area contributed by atoms with Crippen molar-refractivity contribution in [3.63, 3.8) is 0 Å². The van der Waals surface area contributed by atoms with Gasteiger partial charge in [-0.05, 0) is 30.5 Å². The van der Waals surface area contributed by atoms with Crippen molar-refractivity contribution < 1.29 is 14.3 Å². The van der Waals surface area contributed by atoms with E-state index in [4.69, 9.17) is 4.74 Å². The van der Waals surface area contributed by atoms with Crippen LogP contribution in [0.15, 0.2) is 18.2 Å². The summed E-state index contributed by atoms with van der Waals surface area (Å²) in [5.74, 6) is 1.17. The summed E-state index contributed by atoms with van der Waals surface area (Å²) >= 11 is 0. The van der Waals surface area contributed by atoms with Crippen molar-refractivity contribution in [1.82, 2.24) is 4.90 Å². The fourth-order valence-electron chi connectivity index (χ4n) is 2.35. The zero-order chi connectivity index (χ0) is 17.0. The average molecular weight is 318 g/mol. The Morgan fingerprint density at radius 1 is 1.30 bits per heavy atom. The van der Waals surface area contributed by atoms with Gasteiger partial charge in [-0.2, -0.15) is 0 Å². The van der Waals surface area contributed by atoms with Gasteiger partial charge in [0.1, 0.15) is 5.75 Å². The van der Waals surface area contributed by atoms with E-state index in [1.807, 2.05) is 36.9 Å². The van der Waals surface area contributed by atoms with Crippen LogP contribution in [0.4, 0.5) is 5.69 Å². The molecule has 5 heteroatoms. The van der Waals surface area contributed by atoms with Crippen molar-refractivity contribution in [2.75, 3.05) is 18.5 Å². The van der Waals surface area contributed by atoms with E-state index in [1.54, 1.807) is 0 Å². The first-order valence-corrected chi connectivity index (χ1v) is 8.21. The Bertz CT molecular complexity index is 582. The van der Waals surface area contributed by atoms with Crippen LogP contribution >= 0.6 is 0 Å². The molecule has 0 spiro atoms. The van der Waals surface area contributed by atoms with E-state index in [9.17, 15) is 9.59 Å². The number of nitrogens with zero attached hydrogens (tertiary/aromatic N) is 1. The molecule has 0 saturated heterocycles. The molecule has 0 unspecified atom stereocenters. The van der Waals surface area contributed by atoms with Crippen LogP contribution < -0.4 is 10.1 Å². The first kappa shape index (κ1) is 17.3. The molecule has 2 amide bonds. The maximum Gasteiger partial charge on any atom is 0.260 e. The van der Waals surface area contributed by atoms with Crippen molar-refractivity contribution in [2.24, 2.45) is 11.8 Å². The number of nitrogens with one attached hydrogen (secondary N) is 1. The molecule has 1 aromatic rings. The van der Waals surface area contributed by atoms with Crippen LogP contribution in [-0.4, -0.2) is 29.9 Å². The number of ether oxygens (including phenoxy) is 1. The normalized spacial score (nSPS) is 14.5. The fourth-order valence-corrected chi connectivity index (χ4v) is 2.35. The van der Waals surface area contributed by atoms with Crippen LogP contribution in [-0.2, 0) is 16.1 Å². The quantitative estimate of drug-likeness (QED) is 0.908. The molecular weight excluding hydrogens is 292 g/mol. The van der Waals surface area contributed by atoms with Gasteiger partial charge in [0.15, 0.2) is 6.61 Å². The molecule has 0 saturated carbocycles. The highest BCUT2D eigenvalue weighted by molar-refractivity contribution is 5.92. The van der Waals surface area contributed by atoms with Crippen LogP contribution in [0.2, 0.25) is 0 Å². The molecule has 0 aliphatic carbocycles. The highest BCUT2D eigenvalue weighted by Crippen LogP contribution is 2.27. The smallest absolute Gasteiger partial charge is 0.260 e. The maximum atomic E-state index is 12.2. The van der Waals surface area contributed by atoms with Gasteiger partial charge in [0, 0.05) is 30.3 Å². The molecule has 1 aliphatic rings. The average Bonchev–Trinajstić information content (AvgIpc) is 2.64. The van der Waals surface area contributed by atoms with Crippen LogP contribution in [0.5, 0.6) is 5.75 Å². The molecule has 1 aliphatic heterocycles. The van der Waals surface area contributed by atoms with Crippen molar-refractivity contribution in [1.29, 1.82) is 0 Å². The summed E-state index contributed by atoms with van der Waals surface area (Å²) in [6, 6.07) is 5.54. The van der Waals surface area contributed by atoms with Gasteiger partial charge in [-0.25, -0.2) is 0 Å². The molecular formula is C18H26N2O3. The van der Waals surface area contributed by atoms with Crippen LogP contribution in [0, 0.1) is 11.8 Å². The molecule has 1 aromatic carbocycles. The SMILES string of the molecule is CC(C)CCN1Cc2cc(NC(=O)C(C)C)ccc2OCC1=O. The predicted octanol–water partition coefficient (Wildman–Crippen LogP) is 3.05. The number of amides is 2. The number of hydrogen-bond donors (Lipinski definition) is 1. The van der Waals surface area contributed by atoms with Crippen molar-refractivity contribution in [2.45, 2.75) is 40.7 Å². The summed E-state index contributed by atoms with van der Waals surface area (Å²) in [4.78, 5) is 25.8. The number of rotatable bonds is 5. The molecule has 0 fully saturated rings. The van der Waals surface area contributed by atoms with Crippen LogP contribution in [0.3, 0.4) is 0 Å². The molecule has 1 N–H and O–H groups in total. The minimum absolute atomic E-state index is 0.00890. The zero-order valence-corrected chi connectivity index (χ0v) is 14.4. The third-order valence-corrected chi connectivity index (χ3v) is 3.89. The summed E-state index contributed by atoms with van der Waals surface area (Å²) < 4.78 is 5.60. The molecule has 5 nitrogen and oxygen atoms in total. The van der Waals surface area contributed by atoms with Gasteiger partial charge in [-0.15, -0.1) is 0 Å². The lowest BCUT2D eigenvalue weighted by Gasteiger charge is -2.21. The minimum atomic E-state index is -0.0748. The third kappa shape index (κ3) is 4.71. The van der Waals surface area contributed by atoms with E-state index in [0.29, 0.717) is 18.2 Å². The Morgan fingerprint density at radius 3 is 2.70 bits per heavy atom. The van der Waals surface area contributed by atoms with E-state index in [0.717, 1.165) is 24.2 Å². The lowest BCUT2D eigenvalue weighted by Crippen LogP contribution is -2.33. The van der Waals surface area contributed by atoms with Crippen LogP contribution in [0.25, 0.3) is 0 Å². The number of benzene rings is 1. The molecule has 0 atom stereocenters. The van der Waals surface area contributed by atoms with Crippen molar-refractivity contribution in [3.05, 3.63) is 23.8 Å².